The molecule has 1 aromatic carbocycles. The van der Waals surface area contributed by atoms with E-state index in [9.17, 15) is 9.59 Å². The van der Waals surface area contributed by atoms with Crippen LogP contribution in [0.3, 0.4) is 0 Å². The van der Waals surface area contributed by atoms with Crippen molar-refractivity contribution in [2.24, 2.45) is 0 Å². The molecule has 0 saturated carbocycles. The molecule has 0 fully saturated rings. The highest BCUT2D eigenvalue weighted by Crippen LogP contribution is 2.34. The normalized spacial score (nSPS) is 18.0. The lowest BCUT2D eigenvalue weighted by molar-refractivity contribution is -0.120. The second kappa shape index (κ2) is 5.34. The smallest absolute Gasteiger partial charge is 0.251 e. The molecule has 1 aliphatic carbocycles. The Morgan fingerprint density at radius 2 is 2.17 bits per heavy atom. The van der Waals surface area contributed by atoms with Gasteiger partial charge in [-0.05, 0) is 36.5 Å². The minimum Gasteiger partial charge on any atom is -0.355 e. The molecule has 0 saturated heterocycles. The molecule has 2 rings (SSSR count). The fraction of sp³-hybridized carbons (Fsp3) is 0.467. The van der Waals surface area contributed by atoms with Crippen molar-refractivity contribution in [3.05, 3.63) is 34.9 Å². The van der Waals surface area contributed by atoms with Gasteiger partial charge in [0, 0.05) is 24.9 Å². The number of nitrogens with one attached hydrogen (secondary N) is 1. The highest BCUT2D eigenvalue weighted by atomic mass is 16.1. The Bertz CT molecular complexity index is 479. The topological polar surface area (TPSA) is 46.2 Å². The number of carbonyl (C=O) groups excluding carboxylic acids is 2. The van der Waals surface area contributed by atoms with Crippen LogP contribution in [0.25, 0.3) is 0 Å². The summed E-state index contributed by atoms with van der Waals surface area (Å²) in [6.07, 6.45) is 3.36. The van der Waals surface area contributed by atoms with Crippen LogP contribution in [0.4, 0.5) is 0 Å². The number of rotatable bonds is 3. The minimum absolute atomic E-state index is 0.0108. The Hall–Kier alpha value is -1.64. The average molecular weight is 245 g/mol. The third-order valence-electron chi connectivity index (χ3n) is 3.72. The van der Waals surface area contributed by atoms with Crippen LogP contribution in [-0.4, -0.2) is 18.7 Å². The van der Waals surface area contributed by atoms with Gasteiger partial charge in [0.25, 0.3) is 5.91 Å². The van der Waals surface area contributed by atoms with Gasteiger partial charge in [0.2, 0.25) is 0 Å². The van der Waals surface area contributed by atoms with E-state index >= 15 is 0 Å². The maximum atomic E-state index is 12.0. The fourth-order valence-electron chi connectivity index (χ4n) is 2.78. The fourth-order valence-corrected chi connectivity index (χ4v) is 2.78. The summed E-state index contributed by atoms with van der Waals surface area (Å²) in [4.78, 5) is 23.8. The molecule has 3 nitrogen and oxygen atoms in total. The molecular weight excluding hydrogens is 226 g/mol. The van der Waals surface area contributed by atoms with E-state index in [1.54, 1.807) is 7.05 Å². The molecule has 0 aromatic heterocycles. The van der Waals surface area contributed by atoms with Crippen LogP contribution in [0.2, 0.25) is 0 Å². The van der Waals surface area contributed by atoms with E-state index in [1.807, 2.05) is 25.1 Å². The molecule has 1 unspecified atom stereocenters. The standard InChI is InChI=1S/C15H19NO2/c1-3-14(17)12-8-4-7-11-10(12)6-5-9-13(11)15(18)16-2/h5-6,9,12H,3-4,7-8H2,1-2H3,(H,16,18). The summed E-state index contributed by atoms with van der Waals surface area (Å²) >= 11 is 0. The number of hydrogen-bond acceptors (Lipinski definition) is 2. The molecule has 0 aliphatic heterocycles. The molecule has 1 atom stereocenters. The molecule has 0 radical (unpaired) electrons. The van der Waals surface area contributed by atoms with Crippen molar-refractivity contribution in [2.75, 3.05) is 7.05 Å². The Kier molecular flexibility index (Phi) is 3.80. The van der Waals surface area contributed by atoms with Gasteiger partial charge in [-0.25, -0.2) is 0 Å². The van der Waals surface area contributed by atoms with Crippen molar-refractivity contribution >= 4 is 11.7 Å². The first-order valence-corrected chi connectivity index (χ1v) is 6.55. The van der Waals surface area contributed by atoms with Gasteiger partial charge in [-0.15, -0.1) is 0 Å². The van der Waals surface area contributed by atoms with Gasteiger partial charge in [0.15, 0.2) is 0 Å². The Morgan fingerprint density at radius 3 is 2.83 bits per heavy atom. The molecule has 18 heavy (non-hydrogen) atoms. The zero-order valence-corrected chi connectivity index (χ0v) is 11.0. The van der Waals surface area contributed by atoms with Crippen LogP contribution >= 0.6 is 0 Å². The van der Waals surface area contributed by atoms with Crippen molar-refractivity contribution in [3.8, 4) is 0 Å². The monoisotopic (exact) mass is 245 g/mol. The van der Waals surface area contributed by atoms with Crippen molar-refractivity contribution < 1.29 is 9.59 Å². The van der Waals surface area contributed by atoms with Gasteiger partial charge in [0.1, 0.15) is 5.78 Å². The molecule has 1 aliphatic rings. The number of fused-ring (bicyclic) bond motifs is 1. The van der Waals surface area contributed by atoms with E-state index in [0.29, 0.717) is 6.42 Å². The van der Waals surface area contributed by atoms with Crippen molar-refractivity contribution in [3.63, 3.8) is 0 Å². The second-order valence-electron chi connectivity index (χ2n) is 4.72. The molecule has 3 heteroatoms. The highest BCUT2D eigenvalue weighted by molar-refractivity contribution is 5.97. The molecule has 1 aromatic rings. The molecule has 1 N–H and O–H groups in total. The first kappa shape index (κ1) is 12.8. The highest BCUT2D eigenvalue weighted by Gasteiger charge is 2.27. The van der Waals surface area contributed by atoms with Crippen LogP contribution < -0.4 is 5.32 Å². The first-order chi connectivity index (χ1) is 8.69. The van der Waals surface area contributed by atoms with E-state index in [2.05, 4.69) is 5.32 Å². The third kappa shape index (κ3) is 2.17. The summed E-state index contributed by atoms with van der Waals surface area (Å²) in [7, 11) is 1.64. The number of amides is 1. The van der Waals surface area contributed by atoms with E-state index in [1.165, 1.54) is 0 Å². The molecule has 0 heterocycles. The minimum atomic E-state index is -0.0588. The average Bonchev–Trinajstić information content (AvgIpc) is 2.44. The van der Waals surface area contributed by atoms with Crippen molar-refractivity contribution in [2.45, 2.75) is 38.5 Å². The van der Waals surface area contributed by atoms with Crippen LogP contribution in [0.5, 0.6) is 0 Å². The maximum Gasteiger partial charge on any atom is 0.251 e. The summed E-state index contributed by atoms with van der Waals surface area (Å²) in [6.45, 7) is 1.90. The SMILES string of the molecule is CCC(=O)C1CCCc2c(C(=O)NC)cccc21. The summed E-state index contributed by atoms with van der Waals surface area (Å²) in [5, 5.41) is 2.67. The van der Waals surface area contributed by atoms with Crippen LogP contribution in [0.1, 0.15) is 53.6 Å². The predicted molar refractivity (Wildman–Crippen MR) is 70.8 cm³/mol. The Labute approximate surface area is 108 Å². The zero-order chi connectivity index (χ0) is 13.1. The van der Waals surface area contributed by atoms with Crippen molar-refractivity contribution in [1.29, 1.82) is 0 Å². The summed E-state index contributed by atoms with van der Waals surface area (Å²) in [5.41, 5.74) is 2.85. The number of benzene rings is 1. The zero-order valence-electron chi connectivity index (χ0n) is 11.0. The quantitative estimate of drug-likeness (QED) is 0.889. The lowest BCUT2D eigenvalue weighted by Gasteiger charge is -2.25. The Balaban J connectivity index is 2.47. The molecule has 0 bridgehead atoms. The van der Waals surface area contributed by atoms with E-state index in [4.69, 9.17) is 0 Å². The largest absolute Gasteiger partial charge is 0.355 e. The number of hydrogen-bond donors (Lipinski definition) is 1. The van der Waals surface area contributed by atoms with Gasteiger partial charge in [-0.2, -0.15) is 0 Å². The van der Waals surface area contributed by atoms with Crippen LogP contribution in [0.15, 0.2) is 18.2 Å². The van der Waals surface area contributed by atoms with Gasteiger partial charge in [0.05, 0.1) is 0 Å². The van der Waals surface area contributed by atoms with E-state index in [0.717, 1.165) is 36.0 Å². The number of ketones is 1. The van der Waals surface area contributed by atoms with Gasteiger partial charge >= 0.3 is 0 Å². The number of carbonyl (C=O) groups is 2. The van der Waals surface area contributed by atoms with Crippen LogP contribution in [-0.2, 0) is 11.2 Å². The van der Waals surface area contributed by atoms with Gasteiger partial charge in [-0.3, -0.25) is 9.59 Å². The molecule has 96 valence electrons. The first-order valence-electron chi connectivity index (χ1n) is 6.55. The summed E-state index contributed by atoms with van der Waals surface area (Å²) in [6, 6.07) is 5.72. The lowest BCUT2D eigenvalue weighted by Crippen LogP contribution is -2.24. The van der Waals surface area contributed by atoms with E-state index in [-0.39, 0.29) is 17.6 Å². The second-order valence-corrected chi connectivity index (χ2v) is 4.72. The molecule has 0 spiro atoms. The van der Waals surface area contributed by atoms with Gasteiger partial charge < -0.3 is 5.32 Å². The van der Waals surface area contributed by atoms with Gasteiger partial charge in [-0.1, -0.05) is 19.1 Å². The summed E-state index contributed by atoms with van der Waals surface area (Å²) < 4.78 is 0. The molecular formula is C15H19NO2. The van der Waals surface area contributed by atoms with Crippen molar-refractivity contribution in [1.82, 2.24) is 5.32 Å². The van der Waals surface area contributed by atoms with E-state index < -0.39 is 0 Å². The predicted octanol–water partition coefficient (Wildman–Crippen LogP) is 2.45. The number of Topliss-reactive ketones (excluding diaryl/α,β-unsaturated/α-hetero) is 1. The molecule has 1 amide bonds. The maximum absolute atomic E-state index is 12.0. The third-order valence-corrected chi connectivity index (χ3v) is 3.72. The Morgan fingerprint density at radius 1 is 1.39 bits per heavy atom. The lowest BCUT2D eigenvalue weighted by atomic mass is 9.78. The summed E-state index contributed by atoms with van der Waals surface area (Å²) in [5.74, 6) is 0.213. The van der Waals surface area contributed by atoms with Crippen LogP contribution in [0, 0.1) is 0 Å².